The molecule has 5 nitrogen and oxygen atoms in total. The highest BCUT2D eigenvalue weighted by Gasteiger charge is 2.31. The third-order valence-electron chi connectivity index (χ3n) is 2.75. The van der Waals surface area contributed by atoms with E-state index >= 15 is 0 Å². The van der Waals surface area contributed by atoms with Gasteiger partial charge in [0, 0.05) is 24.5 Å². The Kier molecular flexibility index (Phi) is 2.86. The van der Waals surface area contributed by atoms with Crippen LogP contribution in [0.25, 0.3) is 0 Å². The van der Waals surface area contributed by atoms with E-state index in [-0.39, 0.29) is 10.9 Å². The highest BCUT2D eigenvalue weighted by molar-refractivity contribution is 7.89. The molecule has 6 heteroatoms. The molecule has 1 aromatic rings. The molecule has 2 N–H and O–H groups in total. The molecule has 0 amide bonds. The Labute approximate surface area is 93.9 Å². The number of aromatic amines is 1. The van der Waals surface area contributed by atoms with Crippen LogP contribution in [0.3, 0.4) is 0 Å². The summed E-state index contributed by atoms with van der Waals surface area (Å²) in [7, 11) is -3.69. The van der Waals surface area contributed by atoms with Crippen molar-refractivity contribution in [3.8, 4) is 0 Å². The molecule has 1 fully saturated rings. The molecule has 1 aliphatic rings. The Morgan fingerprint density at radius 1 is 1.50 bits per heavy atom. The van der Waals surface area contributed by atoms with E-state index in [1.807, 2.05) is 6.92 Å². The fourth-order valence-electron chi connectivity index (χ4n) is 1.61. The second-order valence-electron chi connectivity index (χ2n) is 4.12. The first-order valence-electron chi connectivity index (χ1n) is 5.20. The van der Waals surface area contributed by atoms with Gasteiger partial charge in [-0.25, -0.2) is 13.1 Å². The Bertz CT molecular complexity index is 531. The molecule has 0 bridgehead atoms. The molecular weight excluding hydrogens is 228 g/mol. The molecule has 16 heavy (non-hydrogen) atoms. The van der Waals surface area contributed by atoms with Gasteiger partial charge in [0.1, 0.15) is 4.90 Å². The van der Waals surface area contributed by atoms with Gasteiger partial charge in [0.2, 0.25) is 15.5 Å². The molecule has 1 atom stereocenters. The van der Waals surface area contributed by atoms with Crippen LogP contribution < -0.4 is 10.2 Å². The van der Waals surface area contributed by atoms with Crippen molar-refractivity contribution < 1.29 is 8.42 Å². The normalized spacial score (nSPS) is 18.3. The van der Waals surface area contributed by atoms with Crippen LogP contribution in [0.5, 0.6) is 0 Å². The van der Waals surface area contributed by atoms with E-state index in [1.54, 1.807) is 0 Å². The van der Waals surface area contributed by atoms with Crippen molar-refractivity contribution in [3.63, 3.8) is 0 Å². The number of sulfonamides is 1. The average molecular weight is 242 g/mol. The lowest BCUT2D eigenvalue weighted by atomic mass is 10.2. The lowest BCUT2D eigenvalue weighted by molar-refractivity contribution is 0.537. The molecule has 1 aliphatic carbocycles. The van der Waals surface area contributed by atoms with Gasteiger partial charge in [-0.2, -0.15) is 0 Å². The number of hydrogen-bond donors (Lipinski definition) is 2. The molecule has 0 spiro atoms. The molecule has 0 radical (unpaired) electrons. The zero-order valence-corrected chi connectivity index (χ0v) is 9.75. The van der Waals surface area contributed by atoms with Crippen LogP contribution >= 0.6 is 0 Å². The van der Waals surface area contributed by atoms with Crippen molar-refractivity contribution in [1.29, 1.82) is 0 Å². The van der Waals surface area contributed by atoms with Crippen LogP contribution in [0, 0.1) is 5.92 Å². The van der Waals surface area contributed by atoms with Gasteiger partial charge >= 0.3 is 0 Å². The quantitative estimate of drug-likeness (QED) is 0.804. The molecule has 1 saturated carbocycles. The Hall–Kier alpha value is -1.14. The summed E-state index contributed by atoms with van der Waals surface area (Å²) in [6.07, 6.45) is 4.72. The van der Waals surface area contributed by atoms with E-state index in [4.69, 9.17) is 0 Å². The maximum absolute atomic E-state index is 11.9. The van der Waals surface area contributed by atoms with Crippen LogP contribution in [0.2, 0.25) is 0 Å². The van der Waals surface area contributed by atoms with Gasteiger partial charge in [0.15, 0.2) is 0 Å². The smallest absolute Gasteiger partial charge is 0.246 e. The third kappa shape index (κ3) is 2.33. The molecular formula is C10H14N2O3S. The second kappa shape index (κ2) is 4.03. The summed E-state index contributed by atoms with van der Waals surface area (Å²) in [6.45, 7) is 1.83. The predicted molar refractivity (Wildman–Crippen MR) is 59.6 cm³/mol. The first kappa shape index (κ1) is 11.3. The fraction of sp³-hybridized carbons (Fsp3) is 0.500. The van der Waals surface area contributed by atoms with Crippen molar-refractivity contribution >= 4 is 10.0 Å². The highest BCUT2D eigenvalue weighted by atomic mass is 32.2. The number of nitrogens with one attached hydrogen (secondary N) is 2. The number of hydrogen-bond acceptors (Lipinski definition) is 3. The van der Waals surface area contributed by atoms with E-state index in [9.17, 15) is 13.2 Å². The van der Waals surface area contributed by atoms with Gasteiger partial charge in [-0.05, 0) is 25.7 Å². The predicted octanol–water partition coefficient (Wildman–Crippen LogP) is 0.452. The van der Waals surface area contributed by atoms with Gasteiger partial charge in [0.25, 0.3) is 0 Å². The van der Waals surface area contributed by atoms with Gasteiger partial charge in [-0.15, -0.1) is 0 Å². The summed E-state index contributed by atoms with van der Waals surface area (Å²) < 4.78 is 26.3. The minimum absolute atomic E-state index is 0.107. The zero-order chi connectivity index (χ0) is 11.8. The summed E-state index contributed by atoms with van der Waals surface area (Å²) in [5, 5.41) is 0. The van der Waals surface area contributed by atoms with Gasteiger partial charge < -0.3 is 4.98 Å². The van der Waals surface area contributed by atoms with Gasteiger partial charge in [0.05, 0.1) is 0 Å². The van der Waals surface area contributed by atoms with E-state index in [1.165, 1.54) is 18.5 Å². The lowest BCUT2D eigenvalue weighted by Gasteiger charge is -2.12. The summed E-state index contributed by atoms with van der Waals surface area (Å²) in [5.74, 6) is 0.414. The minimum atomic E-state index is -3.69. The van der Waals surface area contributed by atoms with E-state index in [0.717, 1.165) is 12.8 Å². The number of aromatic nitrogens is 1. The summed E-state index contributed by atoms with van der Waals surface area (Å²) in [5.41, 5.74) is -0.491. The van der Waals surface area contributed by atoms with Crippen LogP contribution in [0.4, 0.5) is 0 Å². The topological polar surface area (TPSA) is 79.0 Å². The number of H-pyrrole nitrogens is 1. The lowest BCUT2D eigenvalue weighted by Crippen LogP contribution is -2.36. The van der Waals surface area contributed by atoms with Crippen LogP contribution in [0.1, 0.15) is 19.8 Å². The molecule has 2 rings (SSSR count). The van der Waals surface area contributed by atoms with E-state index < -0.39 is 15.5 Å². The first-order valence-corrected chi connectivity index (χ1v) is 6.68. The van der Waals surface area contributed by atoms with Crippen molar-refractivity contribution in [2.24, 2.45) is 5.92 Å². The van der Waals surface area contributed by atoms with Gasteiger partial charge in [-0.3, -0.25) is 4.79 Å². The van der Waals surface area contributed by atoms with Crippen LogP contribution in [0.15, 0.2) is 28.2 Å². The van der Waals surface area contributed by atoms with E-state index in [0.29, 0.717) is 5.92 Å². The van der Waals surface area contributed by atoms with E-state index in [2.05, 4.69) is 9.71 Å². The Morgan fingerprint density at radius 3 is 2.75 bits per heavy atom. The summed E-state index contributed by atoms with van der Waals surface area (Å²) in [6, 6.07) is 1.10. The number of pyridine rings is 1. The minimum Gasteiger partial charge on any atom is -0.366 e. The van der Waals surface area contributed by atoms with Crippen molar-refractivity contribution in [2.75, 3.05) is 0 Å². The van der Waals surface area contributed by atoms with Crippen LogP contribution in [-0.2, 0) is 10.0 Å². The largest absolute Gasteiger partial charge is 0.366 e. The molecule has 1 aromatic heterocycles. The average Bonchev–Trinajstić information content (AvgIpc) is 3.00. The van der Waals surface area contributed by atoms with Gasteiger partial charge in [-0.1, -0.05) is 0 Å². The molecule has 1 heterocycles. The standard InChI is InChI=1S/C10H14N2O3S/c1-7(8-2-3-8)12-16(14,15)10-6-11-5-4-9(10)13/h4-8,12H,2-3H2,1H3,(H,11,13). The monoisotopic (exact) mass is 242 g/mol. The second-order valence-corrected chi connectivity index (χ2v) is 5.80. The molecule has 1 unspecified atom stereocenters. The number of rotatable bonds is 4. The molecule has 0 saturated heterocycles. The Balaban J connectivity index is 2.25. The highest BCUT2D eigenvalue weighted by Crippen LogP contribution is 2.32. The fourth-order valence-corrected chi connectivity index (χ4v) is 2.98. The molecule has 0 aliphatic heterocycles. The van der Waals surface area contributed by atoms with Crippen molar-refractivity contribution in [1.82, 2.24) is 9.71 Å². The molecule has 88 valence electrons. The van der Waals surface area contributed by atoms with Crippen LogP contribution in [-0.4, -0.2) is 19.4 Å². The van der Waals surface area contributed by atoms with Crippen molar-refractivity contribution in [2.45, 2.75) is 30.7 Å². The third-order valence-corrected chi connectivity index (χ3v) is 4.33. The summed E-state index contributed by atoms with van der Waals surface area (Å²) >= 11 is 0. The SMILES string of the molecule is CC(NS(=O)(=O)c1c[nH]ccc1=O)C1CC1. The zero-order valence-electron chi connectivity index (χ0n) is 8.93. The Morgan fingerprint density at radius 2 is 2.19 bits per heavy atom. The molecule has 0 aromatic carbocycles. The van der Waals surface area contributed by atoms with Crippen molar-refractivity contribution in [3.05, 3.63) is 28.7 Å². The summed E-state index contributed by atoms with van der Waals surface area (Å²) in [4.78, 5) is 13.8. The first-order chi connectivity index (χ1) is 7.50. The maximum atomic E-state index is 11.9. The maximum Gasteiger partial charge on any atom is 0.246 e.